The molecular weight excluding hydrogens is 379 g/mol. The first-order valence-corrected chi connectivity index (χ1v) is 7.77. The summed E-state index contributed by atoms with van der Waals surface area (Å²) in [6.07, 6.45) is 1.28. The van der Waals surface area contributed by atoms with Gasteiger partial charge in [-0.1, -0.05) is 23.7 Å². The van der Waals surface area contributed by atoms with Gasteiger partial charge in [-0.3, -0.25) is 4.79 Å². The summed E-state index contributed by atoms with van der Waals surface area (Å²) < 4.78 is 11.6. The number of benzene rings is 1. The lowest BCUT2D eigenvalue weighted by molar-refractivity contribution is -0.154. The van der Waals surface area contributed by atoms with Crippen molar-refractivity contribution in [1.82, 2.24) is 0 Å². The molecule has 0 bridgehead atoms. The van der Waals surface area contributed by atoms with Crippen LogP contribution in [-0.4, -0.2) is 25.8 Å². The molecule has 1 aliphatic heterocycles. The molecule has 104 valence electrons. The van der Waals surface area contributed by atoms with Crippen LogP contribution in [0.3, 0.4) is 0 Å². The fourth-order valence-electron chi connectivity index (χ4n) is 2.45. The number of carbonyl (C=O) groups excluding carboxylic acids is 1. The van der Waals surface area contributed by atoms with Crippen molar-refractivity contribution in [2.45, 2.75) is 25.2 Å². The van der Waals surface area contributed by atoms with Crippen LogP contribution in [0.5, 0.6) is 0 Å². The number of halogens is 2. The Morgan fingerprint density at radius 2 is 2.16 bits per heavy atom. The fourth-order valence-corrected chi connectivity index (χ4v) is 3.50. The Balaban J connectivity index is 2.48. The molecule has 19 heavy (non-hydrogen) atoms. The van der Waals surface area contributed by atoms with E-state index < -0.39 is 5.41 Å². The van der Waals surface area contributed by atoms with Gasteiger partial charge < -0.3 is 9.47 Å². The van der Waals surface area contributed by atoms with Crippen molar-refractivity contribution in [2.75, 3.05) is 19.8 Å². The molecule has 0 atom stereocenters. The van der Waals surface area contributed by atoms with Crippen LogP contribution in [-0.2, 0) is 19.7 Å². The molecule has 0 spiro atoms. The lowest BCUT2D eigenvalue weighted by atomic mass is 9.74. The Morgan fingerprint density at radius 3 is 2.79 bits per heavy atom. The summed E-state index contributed by atoms with van der Waals surface area (Å²) in [6, 6.07) is 5.69. The fraction of sp³-hybridized carbons (Fsp3) is 0.500. The Morgan fingerprint density at radius 1 is 1.47 bits per heavy atom. The number of esters is 1. The third-order valence-corrected chi connectivity index (χ3v) is 5.28. The highest BCUT2D eigenvalue weighted by atomic mass is 127. The van der Waals surface area contributed by atoms with E-state index >= 15 is 0 Å². The summed E-state index contributed by atoms with van der Waals surface area (Å²) in [5.41, 5.74) is 0.345. The quantitative estimate of drug-likeness (QED) is 0.581. The van der Waals surface area contributed by atoms with Gasteiger partial charge in [0.1, 0.15) is 0 Å². The van der Waals surface area contributed by atoms with Gasteiger partial charge in [0.15, 0.2) is 0 Å². The molecule has 0 unspecified atom stereocenters. The van der Waals surface area contributed by atoms with Crippen molar-refractivity contribution in [3.63, 3.8) is 0 Å². The van der Waals surface area contributed by atoms with Crippen molar-refractivity contribution in [2.24, 2.45) is 0 Å². The molecule has 1 aromatic rings. The third-order valence-electron chi connectivity index (χ3n) is 3.48. The van der Waals surface area contributed by atoms with E-state index in [1.807, 2.05) is 25.1 Å². The van der Waals surface area contributed by atoms with E-state index in [4.69, 9.17) is 21.1 Å². The maximum atomic E-state index is 12.5. The van der Waals surface area contributed by atoms with Gasteiger partial charge in [-0.2, -0.15) is 0 Å². The second-order valence-electron chi connectivity index (χ2n) is 4.52. The monoisotopic (exact) mass is 394 g/mol. The standard InChI is InChI=1S/C14H16ClIO3/c1-2-19-13(17)14(6-8-18-9-7-14)10-4-3-5-11(15)12(10)16/h3-5H,2,6-9H2,1H3. The highest BCUT2D eigenvalue weighted by Gasteiger charge is 2.44. The van der Waals surface area contributed by atoms with Crippen LogP contribution in [0.4, 0.5) is 0 Å². The van der Waals surface area contributed by atoms with Crippen molar-refractivity contribution in [3.8, 4) is 0 Å². The van der Waals surface area contributed by atoms with Crippen LogP contribution in [0, 0.1) is 3.57 Å². The van der Waals surface area contributed by atoms with Crippen LogP contribution in [0.25, 0.3) is 0 Å². The molecule has 1 aliphatic rings. The second kappa shape index (κ2) is 6.41. The van der Waals surface area contributed by atoms with E-state index in [-0.39, 0.29) is 5.97 Å². The number of rotatable bonds is 3. The minimum Gasteiger partial charge on any atom is -0.465 e. The van der Waals surface area contributed by atoms with Gasteiger partial charge in [0.25, 0.3) is 0 Å². The number of ether oxygens (including phenoxy) is 2. The van der Waals surface area contributed by atoms with Gasteiger partial charge >= 0.3 is 5.97 Å². The van der Waals surface area contributed by atoms with Crippen LogP contribution in [0.1, 0.15) is 25.3 Å². The Hall–Kier alpha value is -0.330. The molecule has 1 fully saturated rings. The molecule has 3 nitrogen and oxygen atoms in total. The van der Waals surface area contributed by atoms with Gasteiger partial charge in [-0.05, 0) is 54.0 Å². The van der Waals surface area contributed by atoms with Crippen LogP contribution < -0.4 is 0 Å². The van der Waals surface area contributed by atoms with Gasteiger partial charge in [0, 0.05) is 16.8 Å². The minimum absolute atomic E-state index is 0.168. The van der Waals surface area contributed by atoms with Gasteiger partial charge in [-0.15, -0.1) is 0 Å². The van der Waals surface area contributed by atoms with E-state index in [9.17, 15) is 4.79 Å². The molecule has 2 rings (SSSR count). The molecule has 1 aromatic carbocycles. The zero-order valence-electron chi connectivity index (χ0n) is 10.7. The van der Waals surface area contributed by atoms with Gasteiger partial charge in [0.05, 0.1) is 17.0 Å². The molecule has 0 N–H and O–H groups in total. The first-order chi connectivity index (χ1) is 9.12. The number of carbonyl (C=O) groups is 1. The van der Waals surface area contributed by atoms with Crippen molar-refractivity contribution in [1.29, 1.82) is 0 Å². The summed E-state index contributed by atoms with van der Waals surface area (Å²) in [4.78, 5) is 12.5. The Labute approximate surface area is 131 Å². The summed E-state index contributed by atoms with van der Waals surface area (Å²) >= 11 is 8.38. The number of hydrogen-bond donors (Lipinski definition) is 0. The van der Waals surface area contributed by atoms with E-state index in [1.54, 1.807) is 0 Å². The van der Waals surface area contributed by atoms with E-state index in [0.29, 0.717) is 37.7 Å². The number of hydrogen-bond acceptors (Lipinski definition) is 3. The maximum absolute atomic E-state index is 12.5. The minimum atomic E-state index is -0.615. The summed E-state index contributed by atoms with van der Waals surface area (Å²) in [6.45, 7) is 3.36. The molecule has 0 amide bonds. The molecule has 0 aromatic heterocycles. The van der Waals surface area contributed by atoms with Gasteiger partial charge in [0.2, 0.25) is 0 Å². The van der Waals surface area contributed by atoms with Crippen LogP contribution >= 0.6 is 34.2 Å². The SMILES string of the molecule is CCOC(=O)C1(c2cccc(Cl)c2I)CCOCC1. The first-order valence-electron chi connectivity index (χ1n) is 6.31. The molecular formula is C14H16ClIO3. The smallest absolute Gasteiger partial charge is 0.316 e. The highest BCUT2D eigenvalue weighted by molar-refractivity contribution is 14.1. The van der Waals surface area contributed by atoms with Crippen LogP contribution in [0.2, 0.25) is 5.02 Å². The molecule has 0 saturated carbocycles. The molecule has 0 radical (unpaired) electrons. The van der Waals surface area contributed by atoms with Gasteiger partial charge in [-0.25, -0.2) is 0 Å². The summed E-state index contributed by atoms with van der Waals surface area (Å²) in [5, 5.41) is 0.674. The average Bonchev–Trinajstić information content (AvgIpc) is 2.43. The molecule has 1 saturated heterocycles. The first kappa shape index (κ1) is 15.1. The van der Waals surface area contributed by atoms with E-state index in [0.717, 1.165) is 9.13 Å². The molecule has 1 heterocycles. The van der Waals surface area contributed by atoms with Crippen LogP contribution in [0.15, 0.2) is 18.2 Å². The Bertz CT molecular complexity index is 470. The van der Waals surface area contributed by atoms with Crippen molar-refractivity contribution in [3.05, 3.63) is 32.4 Å². The lowest BCUT2D eigenvalue weighted by Crippen LogP contribution is -2.43. The van der Waals surface area contributed by atoms with Crippen molar-refractivity contribution >= 4 is 40.2 Å². The summed E-state index contributed by atoms with van der Waals surface area (Å²) in [7, 11) is 0. The van der Waals surface area contributed by atoms with E-state index in [2.05, 4.69) is 22.6 Å². The largest absolute Gasteiger partial charge is 0.465 e. The average molecular weight is 395 g/mol. The predicted octanol–water partition coefficient (Wildman–Crippen LogP) is 3.56. The predicted molar refractivity (Wildman–Crippen MR) is 82.5 cm³/mol. The topological polar surface area (TPSA) is 35.5 Å². The van der Waals surface area contributed by atoms with Crippen molar-refractivity contribution < 1.29 is 14.3 Å². The Kier molecular flexibility index (Phi) is 5.09. The van der Waals surface area contributed by atoms with E-state index in [1.165, 1.54) is 0 Å². The second-order valence-corrected chi connectivity index (χ2v) is 6.00. The lowest BCUT2D eigenvalue weighted by Gasteiger charge is -2.36. The molecule has 5 heteroatoms. The highest BCUT2D eigenvalue weighted by Crippen LogP contribution is 2.40. The third kappa shape index (κ3) is 2.90. The zero-order chi connectivity index (χ0) is 13.9. The zero-order valence-corrected chi connectivity index (χ0v) is 13.7. The summed E-state index contributed by atoms with van der Waals surface area (Å²) in [5.74, 6) is -0.168. The molecule has 0 aliphatic carbocycles. The maximum Gasteiger partial charge on any atom is 0.316 e. The normalized spacial score (nSPS) is 18.1.